The van der Waals surface area contributed by atoms with Gasteiger partial charge in [0, 0.05) is 6.42 Å². The van der Waals surface area contributed by atoms with Gasteiger partial charge >= 0.3 is 0 Å². The van der Waals surface area contributed by atoms with Crippen molar-refractivity contribution in [1.82, 2.24) is 0 Å². The van der Waals surface area contributed by atoms with Crippen LogP contribution in [0.3, 0.4) is 0 Å². The van der Waals surface area contributed by atoms with Gasteiger partial charge in [0.25, 0.3) is 0 Å². The van der Waals surface area contributed by atoms with Crippen molar-refractivity contribution < 1.29 is 4.79 Å². The summed E-state index contributed by atoms with van der Waals surface area (Å²) in [4.78, 5) is 10.0. The summed E-state index contributed by atoms with van der Waals surface area (Å²) in [5.41, 5.74) is 1.29. The zero-order valence-corrected chi connectivity index (χ0v) is 7.11. The van der Waals surface area contributed by atoms with Crippen molar-refractivity contribution in [2.75, 3.05) is 0 Å². The maximum absolute atomic E-state index is 10.0. The molecule has 0 unspecified atom stereocenters. The summed E-state index contributed by atoms with van der Waals surface area (Å²) >= 11 is 0. The zero-order chi connectivity index (χ0) is 8.20. The summed E-state index contributed by atoms with van der Waals surface area (Å²) in [7, 11) is 0. The molecule has 0 aliphatic rings. The Morgan fingerprint density at radius 1 is 1.50 bits per heavy atom. The quantitative estimate of drug-likeness (QED) is 0.435. The number of carbonyl (C=O) groups excluding carboxylic acids is 1. The first kappa shape index (κ1) is 9.41. The largest absolute Gasteiger partial charge is 0.303 e. The van der Waals surface area contributed by atoms with E-state index in [9.17, 15) is 4.79 Å². The highest BCUT2D eigenvalue weighted by Gasteiger charge is 2.10. The standard InChI is InChI=1S/C9H16O/c1-8(5-6-10)7-9(2,3)4/h6H,1,5,7H2,2-4H3. The van der Waals surface area contributed by atoms with Crippen LogP contribution in [0.5, 0.6) is 0 Å². The topological polar surface area (TPSA) is 17.1 Å². The highest BCUT2D eigenvalue weighted by Crippen LogP contribution is 2.23. The molecule has 0 spiro atoms. The Hall–Kier alpha value is -0.590. The SMILES string of the molecule is C=C(CC=O)CC(C)(C)C. The average molecular weight is 140 g/mol. The predicted octanol–water partition coefficient (Wildman–Crippen LogP) is 2.57. The van der Waals surface area contributed by atoms with Crippen LogP contribution in [0.2, 0.25) is 0 Å². The maximum Gasteiger partial charge on any atom is 0.124 e. The molecule has 0 amide bonds. The molecule has 10 heavy (non-hydrogen) atoms. The summed E-state index contributed by atoms with van der Waals surface area (Å²) in [5.74, 6) is 0. The third-order valence-corrected chi connectivity index (χ3v) is 1.15. The Morgan fingerprint density at radius 2 is 2.00 bits per heavy atom. The van der Waals surface area contributed by atoms with Crippen molar-refractivity contribution in [2.24, 2.45) is 5.41 Å². The van der Waals surface area contributed by atoms with E-state index in [0.717, 1.165) is 18.3 Å². The molecule has 0 atom stereocenters. The van der Waals surface area contributed by atoms with Crippen LogP contribution in [0.15, 0.2) is 12.2 Å². The van der Waals surface area contributed by atoms with Gasteiger partial charge in [-0.15, -0.1) is 0 Å². The first-order valence-electron chi connectivity index (χ1n) is 3.56. The van der Waals surface area contributed by atoms with Crippen LogP contribution >= 0.6 is 0 Å². The minimum Gasteiger partial charge on any atom is -0.303 e. The molecule has 58 valence electrons. The molecule has 0 heterocycles. The van der Waals surface area contributed by atoms with Gasteiger partial charge in [0.15, 0.2) is 0 Å². The molecule has 0 rings (SSSR count). The van der Waals surface area contributed by atoms with Crippen LogP contribution in [-0.4, -0.2) is 6.29 Å². The van der Waals surface area contributed by atoms with E-state index in [4.69, 9.17) is 0 Å². The van der Waals surface area contributed by atoms with Gasteiger partial charge in [-0.3, -0.25) is 0 Å². The monoisotopic (exact) mass is 140 g/mol. The van der Waals surface area contributed by atoms with Crippen LogP contribution in [0.1, 0.15) is 33.6 Å². The van der Waals surface area contributed by atoms with Crippen LogP contribution in [-0.2, 0) is 4.79 Å². The van der Waals surface area contributed by atoms with E-state index in [-0.39, 0.29) is 5.41 Å². The van der Waals surface area contributed by atoms with Gasteiger partial charge < -0.3 is 4.79 Å². The van der Waals surface area contributed by atoms with Crippen LogP contribution in [0, 0.1) is 5.41 Å². The molecule has 0 saturated heterocycles. The molecule has 0 aliphatic heterocycles. The summed E-state index contributed by atoms with van der Waals surface area (Å²) in [6.07, 6.45) is 2.36. The van der Waals surface area contributed by atoms with Gasteiger partial charge in [-0.1, -0.05) is 32.9 Å². The van der Waals surface area contributed by atoms with Gasteiger partial charge in [-0.2, -0.15) is 0 Å². The highest BCUT2D eigenvalue weighted by molar-refractivity contribution is 5.53. The predicted molar refractivity (Wildman–Crippen MR) is 43.9 cm³/mol. The molecule has 0 saturated carbocycles. The zero-order valence-electron chi connectivity index (χ0n) is 7.11. The molecule has 0 fully saturated rings. The summed E-state index contributed by atoms with van der Waals surface area (Å²) < 4.78 is 0. The van der Waals surface area contributed by atoms with Crippen molar-refractivity contribution in [1.29, 1.82) is 0 Å². The molecule has 1 nitrogen and oxygen atoms in total. The lowest BCUT2D eigenvalue weighted by Gasteiger charge is -2.18. The van der Waals surface area contributed by atoms with E-state index in [0.29, 0.717) is 6.42 Å². The van der Waals surface area contributed by atoms with E-state index in [1.165, 1.54) is 0 Å². The first-order valence-corrected chi connectivity index (χ1v) is 3.56. The van der Waals surface area contributed by atoms with Crippen LogP contribution in [0.25, 0.3) is 0 Å². The number of hydrogen-bond acceptors (Lipinski definition) is 1. The molecule has 1 heteroatoms. The Morgan fingerprint density at radius 3 is 2.30 bits per heavy atom. The van der Waals surface area contributed by atoms with Gasteiger partial charge in [-0.05, 0) is 11.8 Å². The normalized spacial score (nSPS) is 11.1. The average Bonchev–Trinajstić information content (AvgIpc) is 1.59. The molecule has 0 aliphatic carbocycles. The third-order valence-electron chi connectivity index (χ3n) is 1.15. The number of aldehydes is 1. The number of carbonyl (C=O) groups is 1. The van der Waals surface area contributed by atoms with E-state index in [1.807, 2.05) is 0 Å². The number of rotatable bonds is 3. The molecular weight excluding hydrogens is 124 g/mol. The lowest BCUT2D eigenvalue weighted by molar-refractivity contribution is -0.107. The smallest absolute Gasteiger partial charge is 0.124 e. The minimum atomic E-state index is 0.264. The van der Waals surface area contributed by atoms with Crippen molar-refractivity contribution >= 4 is 6.29 Å². The first-order chi connectivity index (χ1) is 4.45. The molecule has 0 bridgehead atoms. The summed E-state index contributed by atoms with van der Waals surface area (Å²) in [5, 5.41) is 0. The Balaban J connectivity index is 3.68. The lowest BCUT2D eigenvalue weighted by atomic mass is 9.88. The second-order valence-electron chi connectivity index (χ2n) is 3.86. The van der Waals surface area contributed by atoms with Crippen molar-refractivity contribution in [3.63, 3.8) is 0 Å². The van der Waals surface area contributed by atoms with Crippen molar-refractivity contribution in [3.8, 4) is 0 Å². The van der Waals surface area contributed by atoms with E-state index in [1.54, 1.807) is 0 Å². The van der Waals surface area contributed by atoms with Crippen molar-refractivity contribution in [2.45, 2.75) is 33.6 Å². The summed E-state index contributed by atoms with van der Waals surface area (Å²) in [6.45, 7) is 10.2. The number of hydrogen-bond donors (Lipinski definition) is 0. The third kappa shape index (κ3) is 5.54. The molecular formula is C9H16O. The molecule has 0 aromatic rings. The fraction of sp³-hybridized carbons (Fsp3) is 0.667. The minimum absolute atomic E-state index is 0.264. The molecule has 0 N–H and O–H groups in total. The van der Waals surface area contributed by atoms with Gasteiger partial charge in [0.05, 0.1) is 0 Å². The van der Waals surface area contributed by atoms with Gasteiger partial charge in [0.1, 0.15) is 6.29 Å². The van der Waals surface area contributed by atoms with Crippen molar-refractivity contribution in [3.05, 3.63) is 12.2 Å². The van der Waals surface area contributed by atoms with E-state index in [2.05, 4.69) is 27.4 Å². The summed E-state index contributed by atoms with van der Waals surface area (Å²) in [6, 6.07) is 0. The Bertz CT molecular complexity index is 128. The molecule has 0 aromatic heterocycles. The van der Waals surface area contributed by atoms with Gasteiger partial charge in [-0.25, -0.2) is 0 Å². The van der Waals surface area contributed by atoms with Crippen LogP contribution in [0.4, 0.5) is 0 Å². The Kier molecular flexibility index (Phi) is 3.34. The molecule has 0 radical (unpaired) electrons. The second kappa shape index (κ2) is 3.55. The van der Waals surface area contributed by atoms with Crippen LogP contribution < -0.4 is 0 Å². The van der Waals surface area contributed by atoms with E-state index < -0.39 is 0 Å². The Labute approximate surface area is 63.1 Å². The lowest BCUT2D eigenvalue weighted by Crippen LogP contribution is -2.05. The van der Waals surface area contributed by atoms with Gasteiger partial charge in [0.2, 0.25) is 0 Å². The fourth-order valence-corrected chi connectivity index (χ4v) is 0.940. The second-order valence-corrected chi connectivity index (χ2v) is 3.86. The fourth-order valence-electron chi connectivity index (χ4n) is 0.940. The van der Waals surface area contributed by atoms with E-state index >= 15 is 0 Å². The highest BCUT2D eigenvalue weighted by atomic mass is 16.1. The maximum atomic E-state index is 10.0. The molecule has 0 aromatic carbocycles. The number of allylic oxidation sites excluding steroid dienone is 1.